The minimum Gasteiger partial charge on any atom is -0.486 e. The summed E-state index contributed by atoms with van der Waals surface area (Å²) in [5.74, 6) is 1.20. The molecule has 2 aromatic rings. The Morgan fingerprint density at radius 3 is 2.61 bits per heavy atom. The van der Waals surface area contributed by atoms with Crippen LogP contribution < -0.4 is 4.74 Å². The second-order valence-corrected chi connectivity index (χ2v) is 6.98. The molecule has 124 valence electrons. The Morgan fingerprint density at radius 2 is 1.96 bits per heavy atom. The van der Waals surface area contributed by atoms with Gasteiger partial charge < -0.3 is 14.0 Å². The number of ether oxygens (including phenoxy) is 2. The fraction of sp³-hybridized carbons (Fsp3) is 0.438. The molecule has 0 amide bonds. The highest BCUT2D eigenvalue weighted by Gasteiger charge is 2.32. The molecule has 0 aliphatic rings. The molecule has 0 saturated heterocycles. The monoisotopic (exact) mass is 335 g/mol. The number of hydrogen-bond acceptors (Lipinski definition) is 6. The number of para-hydroxylation sites is 1. The van der Waals surface area contributed by atoms with Gasteiger partial charge >= 0.3 is 5.97 Å². The molecule has 0 bridgehead atoms. The summed E-state index contributed by atoms with van der Waals surface area (Å²) in [7, 11) is 1.85. The molecule has 7 heteroatoms. The molecule has 1 aromatic carbocycles. The number of hydrogen-bond donors (Lipinski definition) is 0. The molecule has 1 aromatic heterocycles. The van der Waals surface area contributed by atoms with E-state index in [1.165, 1.54) is 11.8 Å². The first-order chi connectivity index (χ1) is 10.9. The van der Waals surface area contributed by atoms with E-state index < -0.39 is 4.75 Å². The normalized spacial score (nSPS) is 11.3. The van der Waals surface area contributed by atoms with Crippen molar-refractivity contribution in [1.29, 1.82) is 0 Å². The molecule has 0 spiro atoms. The van der Waals surface area contributed by atoms with Crippen LogP contribution in [-0.4, -0.2) is 32.1 Å². The van der Waals surface area contributed by atoms with Crippen LogP contribution in [0, 0.1) is 0 Å². The molecule has 1 heterocycles. The van der Waals surface area contributed by atoms with Gasteiger partial charge in [0.2, 0.25) is 0 Å². The van der Waals surface area contributed by atoms with Gasteiger partial charge in [0, 0.05) is 7.05 Å². The lowest BCUT2D eigenvalue weighted by atomic mass is 10.2. The quantitative estimate of drug-likeness (QED) is 0.572. The van der Waals surface area contributed by atoms with Crippen molar-refractivity contribution in [3.63, 3.8) is 0 Å². The summed E-state index contributed by atoms with van der Waals surface area (Å²) in [4.78, 5) is 12.0. The number of thioether (sulfide) groups is 1. The maximum Gasteiger partial charge on any atom is 0.322 e. The minimum absolute atomic E-state index is 0.268. The van der Waals surface area contributed by atoms with Crippen molar-refractivity contribution in [2.24, 2.45) is 7.05 Å². The van der Waals surface area contributed by atoms with Gasteiger partial charge in [-0.2, -0.15) is 0 Å². The molecule has 0 N–H and O–H groups in total. The molecule has 0 radical (unpaired) electrons. The number of aromatic nitrogens is 3. The number of carbonyl (C=O) groups excluding carboxylic acids is 1. The third-order valence-electron chi connectivity index (χ3n) is 3.15. The highest BCUT2D eigenvalue weighted by molar-refractivity contribution is 8.01. The van der Waals surface area contributed by atoms with E-state index in [4.69, 9.17) is 9.47 Å². The smallest absolute Gasteiger partial charge is 0.322 e. The topological polar surface area (TPSA) is 66.2 Å². The number of nitrogens with zero attached hydrogens (tertiary/aromatic N) is 3. The first kappa shape index (κ1) is 17.3. The Morgan fingerprint density at radius 1 is 1.26 bits per heavy atom. The third kappa shape index (κ3) is 4.48. The van der Waals surface area contributed by atoms with E-state index in [2.05, 4.69) is 10.2 Å². The van der Waals surface area contributed by atoms with Gasteiger partial charge in [0.15, 0.2) is 11.0 Å². The molecule has 0 atom stereocenters. The van der Waals surface area contributed by atoms with Crippen LogP contribution in [0.25, 0.3) is 0 Å². The summed E-state index contributed by atoms with van der Waals surface area (Å²) in [6.45, 7) is 6.08. The lowest BCUT2D eigenvalue weighted by molar-refractivity contribution is -0.145. The minimum atomic E-state index is -0.728. The zero-order valence-corrected chi connectivity index (χ0v) is 14.6. The highest BCUT2D eigenvalue weighted by atomic mass is 32.2. The van der Waals surface area contributed by atoms with Gasteiger partial charge in [-0.25, -0.2) is 0 Å². The lowest BCUT2D eigenvalue weighted by Gasteiger charge is -2.20. The number of esters is 1. The molecule has 2 rings (SSSR count). The Bertz CT molecular complexity index is 656. The summed E-state index contributed by atoms with van der Waals surface area (Å²) in [6, 6.07) is 9.53. The van der Waals surface area contributed by atoms with Crippen LogP contribution in [0.5, 0.6) is 5.75 Å². The number of carbonyl (C=O) groups is 1. The lowest BCUT2D eigenvalue weighted by Crippen LogP contribution is -2.30. The molecule has 0 fully saturated rings. The standard InChI is InChI=1S/C16H21N3O3S/c1-5-21-14(20)16(2,3)23-15-18-17-13(19(15)4)11-22-12-9-7-6-8-10-12/h6-10H,5,11H2,1-4H3. The van der Waals surface area contributed by atoms with Gasteiger partial charge in [-0.3, -0.25) is 4.79 Å². The average molecular weight is 335 g/mol. The van der Waals surface area contributed by atoms with Crippen molar-refractivity contribution in [1.82, 2.24) is 14.8 Å². The summed E-state index contributed by atoms with van der Waals surface area (Å²) >= 11 is 1.32. The van der Waals surface area contributed by atoms with Crippen molar-refractivity contribution >= 4 is 17.7 Å². The van der Waals surface area contributed by atoms with Gasteiger partial charge in [-0.15, -0.1) is 10.2 Å². The Balaban J connectivity index is 2.03. The van der Waals surface area contributed by atoms with Crippen molar-refractivity contribution in [2.45, 2.75) is 37.3 Å². The van der Waals surface area contributed by atoms with Crippen LogP contribution >= 0.6 is 11.8 Å². The number of benzene rings is 1. The molecular formula is C16H21N3O3S. The predicted octanol–water partition coefficient (Wildman–Crippen LogP) is 2.83. The van der Waals surface area contributed by atoms with Gasteiger partial charge in [-0.1, -0.05) is 30.0 Å². The van der Waals surface area contributed by atoms with Crippen LogP contribution in [0.3, 0.4) is 0 Å². The van der Waals surface area contributed by atoms with Crippen LogP contribution in [0.4, 0.5) is 0 Å². The first-order valence-electron chi connectivity index (χ1n) is 7.36. The third-order valence-corrected chi connectivity index (χ3v) is 4.36. The van der Waals surface area contributed by atoms with E-state index in [1.54, 1.807) is 6.92 Å². The van der Waals surface area contributed by atoms with E-state index in [0.29, 0.717) is 24.2 Å². The molecule has 0 aliphatic carbocycles. The van der Waals surface area contributed by atoms with Gasteiger partial charge in [0.1, 0.15) is 17.1 Å². The van der Waals surface area contributed by atoms with Crippen LogP contribution in [0.2, 0.25) is 0 Å². The highest BCUT2D eigenvalue weighted by Crippen LogP contribution is 2.32. The fourth-order valence-corrected chi connectivity index (χ4v) is 2.72. The van der Waals surface area contributed by atoms with E-state index in [0.717, 1.165) is 5.75 Å². The Kier molecular flexibility index (Phi) is 5.65. The molecule has 0 unspecified atom stereocenters. The van der Waals surface area contributed by atoms with Crippen LogP contribution in [-0.2, 0) is 23.2 Å². The Hall–Kier alpha value is -2.02. The van der Waals surface area contributed by atoms with Crippen molar-refractivity contribution in [2.75, 3.05) is 6.61 Å². The van der Waals surface area contributed by atoms with E-state index in [9.17, 15) is 4.79 Å². The molecule has 0 aliphatic heterocycles. The average Bonchev–Trinajstić information content (AvgIpc) is 2.86. The summed E-state index contributed by atoms with van der Waals surface area (Å²) < 4.78 is 11.9. The van der Waals surface area contributed by atoms with Crippen molar-refractivity contribution < 1.29 is 14.3 Å². The number of rotatable bonds is 7. The second kappa shape index (κ2) is 7.50. The van der Waals surface area contributed by atoms with Gasteiger partial charge in [-0.05, 0) is 32.9 Å². The maximum absolute atomic E-state index is 12.0. The van der Waals surface area contributed by atoms with Gasteiger partial charge in [0.05, 0.1) is 6.61 Å². The van der Waals surface area contributed by atoms with Crippen LogP contribution in [0.1, 0.15) is 26.6 Å². The van der Waals surface area contributed by atoms with E-state index >= 15 is 0 Å². The van der Waals surface area contributed by atoms with E-state index in [-0.39, 0.29) is 5.97 Å². The van der Waals surface area contributed by atoms with Crippen molar-refractivity contribution in [3.8, 4) is 5.75 Å². The zero-order valence-electron chi connectivity index (χ0n) is 13.8. The fourth-order valence-electron chi connectivity index (χ4n) is 1.80. The summed E-state index contributed by atoms with van der Waals surface area (Å²) in [6.07, 6.45) is 0. The predicted molar refractivity (Wildman–Crippen MR) is 88.3 cm³/mol. The molecule has 23 heavy (non-hydrogen) atoms. The first-order valence-corrected chi connectivity index (χ1v) is 8.18. The maximum atomic E-state index is 12.0. The van der Waals surface area contributed by atoms with Crippen molar-refractivity contribution in [3.05, 3.63) is 36.2 Å². The second-order valence-electron chi connectivity index (χ2n) is 5.39. The summed E-state index contributed by atoms with van der Waals surface area (Å²) in [5.41, 5.74) is 0. The van der Waals surface area contributed by atoms with Gasteiger partial charge in [0.25, 0.3) is 0 Å². The molecule has 0 saturated carbocycles. The zero-order chi connectivity index (χ0) is 16.9. The SMILES string of the molecule is CCOC(=O)C(C)(C)Sc1nnc(COc2ccccc2)n1C. The van der Waals surface area contributed by atoms with Crippen LogP contribution in [0.15, 0.2) is 35.5 Å². The molecular weight excluding hydrogens is 314 g/mol. The Labute approximate surface area is 140 Å². The largest absolute Gasteiger partial charge is 0.486 e. The summed E-state index contributed by atoms with van der Waals surface area (Å²) in [5, 5.41) is 8.93. The molecule has 6 nitrogen and oxygen atoms in total. The van der Waals surface area contributed by atoms with E-state index in [1.807, 2.05) is 55.8 Å².